The van der Waals surface area contributed by atoms with Crippen molar-refractivity contribution in [2.75, 3.05) is 40.5 Å². The molecule has 0 spiro atoms. The van der Waals surface area contributed by atoms with E-state index in [2.05, 4.69) is 10.2 Å². The summed E-state index contributed by atoms with van der Waals surface area (Å²) in [7, 11) is 5.02. The van der Waals surface area contributed by atoms with E-state index >= 15 is 0 Å². The second kappa shape index (κ2) is 12.8. The number of nitrogens with zero attached hydrogens (tertiary/aromatic N) is 3. The van der Waals surface area contributed by atoms with Gasteiger partial charge in [-0.25, -0.2) is 0 Å². The predicted octanol–water partition coefficient (Wildman–Crippen LogP) is 4.40. The summed E-state index contributed by atoms with van der Waals surface area (Å²) in [5.41, 5.74) is 1.94. The fraction of sp³-hybridized carbons (Fsp3) is 0.333. The first-order valence-corrected chi connectivity index (χ1v) is 14.9. The lowest BCUT2D eigenvalue weighted by molar-refractivity contribution is 0.0648. The van der Waals surface area contributed by atoms with Crippen molar-refractivity contribution < 1.29 is 23.7 Å². The summed E-state index contributed by atoms with van der Waals surface area (Å²) >= 11 is 7.01. The number of rotatable bonds is 9. The normalized spacial score (nSPS) is 17.8. The van der Waals surface area contributed by atoms with Gasteiger partial charge in [0.2, 0.25) is 5.43 Å². The second-order valence-electron chi connectivity index (χ2n) is 11.0. The number of methoxy groups -OCH3 is 2. The summed E-state index contributed by atoms with van der Waals surface area (Å²) in [6, 6.07) is 16.8. The van der Waals surface area contributed by atoms with Crippen LogP contribution in [0.25, 0.3) is 10.9 Å². The predicted molar refractivity (Wildman–Crippen MR) is 168 cm³/mol. The van der Waals surface area contributed by atoms with Gasteiger partial charge in [0, 0.05) is 45.6 Å². The fourth-order valence-corrected chi connectivity index (χ4v) is 6.01. The second-order valence-corrected chi connectivity index (χ2v) is 11.3. The summed E-state index contributed by atoms with van der Waals surface area (Å²) in [4.78, 5) is 31.9. The molecule has 0 aliphatic carbocycles. The Morgan fingerprint density at radius 3 is 2.16 bits per heavy atom. The largest absolute Gasteiger partial charge is 0.497 e. The van der Waals surface area contributed by atoms with Crippen LogP contribution in [-0.4, -0.2) is 67.0 Å². The minimum atomic E-state index is -0.441. The molecule has 11 heteroatoms. The van der Waals surface area contributed by atoms with Crippen molar-refractivity contribution in [3.63, 3.8) is 0 Å². The number of hydrogen-bond donors (Lipinski definition) is 1. The molecule has 2 atom stereocenters. The number of aromatic nitrogens is 1. The first kappa shape index (κ1) is 29.8. The van der Waals surface area contributed by atoms with Gasteiger partial charge in [-0.2, -0.15) is 0 Å². The van der Waals surface area contributed by atoms with Crippen LogP contribution < -0.4 is 29.7 Å². The molecule has 3 aliphatic heterocycles. The first-order chi connectivity index (χ1) is 21.4. The Balaban J connectivity index is 1.38. The molecule has 2 unspecified atom stereocenters. The summed E-state index contributed by atoms with van der Waals surface area (Å²) in [6.45, 7) is 3.34. The maximum absolute atomic E-state index is 14.0. The molecule has 0 radical (unpaired) electrons. The van der Waals surface area contributed by atoms with Gasteiger partial charge in [0.05, 0.1) is 36.3 Å². The van der Waals surface area contributed by atoms with Crippen molar-refractivity contribution in [1.82, 2.24) is 19.7 Å². The third-order valence-corrected chi connectivity index (χ3v) is 8.59. The van der Waals surface area contributed by atoms with Gasteiger partial charge in [-0.05, 0) is 41.8 Å². The third kappa shape index (κ3) is 5.93. The highest BCUT2D eigenvalue weighted by molar-refractivity contribution is 6.37. The molecule has 230 valence electrons. The quantitative estimate of drug-likeness (QED) is 0.295. The van der Waals surface area contributed by atoms with Crippen LogP contribution in [-0.2, 0) is 20.3 Å². The van der Waals surface area contributed by atoms with E-state index in [1.165, 1.54) is 0 Å². The van der Waals surface area contributed by atoms with Gasteiger partial charge in [0.15, 0.2) is 11.5 Å². The fourth-order valence-electron chi connectivity index (χ4n) is 5.68. The molecule has 3 saturated heterocycles. The molecule has 4 aromatic rings. The summed E-state index contributed by atoms with van der Waals surface area (Å²) in [5, 5.41) is 3.70. The Bertz CT molecular complexity index is 1720. The van der Waals surface area contributed by atoms with Crippen LogP contribution in [0.4, 0.5) is 0 Å². The van der Waals surface area contributed by atoms with Crippen molar-refractivity contribution in [2.45, 2.75) is 25.8 Å². The minimum absolute atomic E-state index is 0.0667. The molecule has 1 aromatic heterocycles. The zero-order valence-corrected chi connectivity index (χ0v) is 25.7. The minimum Gasteiger partial charge on any atom is -0.497 e. The summed E-state index contributed by atoms with van der Waals surface area (Å²) in [6.07, 6.45) is 2.28. The van der Waals surface area contributed by atoms with Crippen molar-refractivity contribution in [3.8, 4) is 23.0 Å². The molecular formula is C33H35ClN4O6. The first-order valence-electron chi connectivity index (χ1n) is 14.5. The molecule has 1 N–H and O–H groups in total. The highest BCUT2D eigenvalue weighted by Gasteiger charge is 2.34. The van der Waals surface area contributed by atoms with Crippen molar-refractivity contribution in [1.29, 1.82) is 0 Å². The Labute approximate surface area is 260 Å². The Kier molecular flexibility index (Phi) is 8.65. The molecule has 0 saturated carbocycles. The van der Waals surface area contributed by atoms with Gasteiger partial charge in [-0.3, -0.25) is 19.8 Å². The monoisotopic (exact) mass is 618 g/mol. The standard InChI is InChI=1S/C33H35ClN4O6/c1-36-17-25(33(40)38-15-14-37-13-12-28(38)35-20-37)31(39)29-26(36)16-27(43-18-21-4-8-23(41-2)9-5-21)32(30(29)34)44-19-22-6-10-24(42-3)11-7-22/h4-11,16-17,28,35H,12-15,18-20H2,1-3H3. The molecule has 7 rings (SSSR count). The van der Waals surface area contributed by atoms with Crippen molar-refractivity contribution >= 4 is 28.4 Å². The van der Waals surface area contributed by atoms with Gasteiger partial charge in [0.25, 0.3) is 5.91 Å². The van der Waals surface area contributed by atoms with Gasteiger partial charge < -0.3 is 28.4 Å². The zero-order chi connectivity index (χ0) is 30.8. The van der Waals surface area contributed by atoms with E-state index in [1.54, 1.807) is 43.0 Å². The number of pyridine rings is 1. The molecular weight excluding hydrogens is 584 g/mol. The van der Waals surface area contributed by atoms with Gasteiger partial charge in [-0.1, -0.05) is 35.9 Å². The lowest BCUT2D eigenvalue weighted by Gasteiger charge is -2.32. The number of benzene rings is 3. The number of fused-ring (bicyclic) bond motifs is 5. The Morgan fingerprint density at radius 2 is 1.57 bits per heavy atom. The number of amides is 1. The van der Waals surface area contributed by atoms with Crippen LogP contribution in [0, 0.1) is 0 Å². The van der Waals surface area contributed by atoms with Gasteiger partial charge >= 0.3 is 0 Å². The molecule has 1 amide bonds. The number of nitrogens with one attached hydrogen (secondary N) is 1. The van der Waals surface area contributed by atoms with E-state index < -0.39 is 5.43 Å². The molecule has 10 nitrogen and oxygen atoms in total. The average molecular weight is 619 g/mol. The third-order valence-electron chi connectivity index (χ3n) is 8.23. The summed E-state index contributed by atoms with van der Waals surface area (Å²) < 4.78 is 24.8. The number of carbonyl (C=O) groups excluding carboxylic acids is 1. The van der Waals surface area contributed by atoms with Crippen molar-refractivity contribution in [3.05, 3.63) is 92.7 Å². The van der Waals surface area contributed by atoms with Crippen molar-refractivity contribution in [2.24, 2.45) is 7.05 Å². The smallest absolute Gasteiger partial charge is 0.260 e. The molecule has 3 aliphatic rings. The van der Waals surface area contributed by atoms with Crippen LogP contribution in [0.2, 0.25) is 5.02 Å². The lowest BCUT2D eigenvalue weighted by Crippen LogP contribution is -2.52. The molecule has 3 aromatic carbocycles. The SMILES string of the molecule is COc1ccc(COc2cc3c(c(Cl)c2OCc2ccc(OC)cc2)c(=O)c(C(=O)N2CCN4CCC2NC4)cn3C)cc1. The maximum atomic E-state index is 14.0. The van der Waals surface area contributed by atoms with E-state index in [4.69, 9.17) is 30.5 Å². The number of ether oxygens (including phenoxy) is 4. The highest BCUT2D eigenvalue weighted by Crippen LogP contribution is 2.41. The molecule has 3 fully saturated rings. The number of hydrogen-bond acceptors (Lipinski definition) is 8. The van der Waals surface area contributed by atoms with Gasteiger partial charge in [-0.15, -0.1) is 0 Å². The lowest BCUT2D eigenvalue weighted by atomic mass is 10.1. The topological polar surface area (TPSA) is 94.5 Å². The zero-order valence-electron chi connectivity index (χ0n) is 25.0. The number of aryl methyl sites for hydroxylation is 1. The Hall–Kier alpha value is -4.25. The maximum Gasteiger partial charge on any atom is 0.260 e. The van der Waals surface area contributed by atoms with Crippen LogP contribution in [0.1, 0.15) is 27.9 Å². The van der Waals surface area contributed by atoms with E-state index in [0.29, 0.717) is 17.8 Å². The molecule has 4 heterocycles. The van der Waals surface area contributed by atoms with E-state index in [0.717, 1.165) is 48.8 Å². The van der Waals surface area contributed by atoms with Crippen LogP contribution in [0.5, 0.6) is 23.0 Å². The van der Waals surface area contributed by atoms with E-state index in [1.807, 2.05) is 48.5 Å². The van der Waals surface area contributed by atoms with Gasteiger partial charge in [0.1, 0.15) is 30.3 Å². The number of halogens is 1. The highest BCUT2D eigenvalue weighted by atomic mass is 35.5. The average Bonchev–Trinajstić information content (AvgIpc) is 3.39. The molecule has 2 bridgehead atoms. The Morgan fingerprint density at radius 1 is 0.932 bits per heavy atom. The van der Waals surface area contributed by atoms with Crippen LogP contribution in [0.15, 0.2) is 65.6 Å². The van der Waals surface area contributed by atoms with E-state index in [-0.39, 0.29) is 47.0 Å². The van der Waals surface area contributed by atoms with E-state index in [9.17, 15) is 9.59 Å². The number of carbonyl (C=O) groups is 1. The van der Waals surface area contributed by atoms with Crippen LogP contribution >= 0.6 is 11.6 Å². The summed E-state index contributed by atoms with van der Waals surface area (Å²) in [5.74, 6) is 1.77. The van der Waals surface area contributed by atoms with Crippen LogP contribution in [0.3, 0.4) is 0 Å². The molecule has 44 heavy (non-hydrogen) atoms.